The first kappa shape index (κ1) is 19.8. The number of aromatic carboxylic acids is 2. The SMILES string of the molecule is CC(=O)c1ncc(C(=O)O)cc1Cl.O=C(O)c1cnc(Cl)c(Cl)c1. The van der Waals surface area contributed by atoms with Crippen LogP contribution in [0.5, 0.6) is 0 Å². The monoisotopic (exact) mass is 390 g/mol. The maximum atomic E-state index is 10.9. The predicted molar refractivity (Wildman–Crippen MR) is 87.4 cm³/mol. The zero-order valence-corrected chi connectivity index (χ0v) is 14.2. The number of nitrogens with zero attached hydrogens (tertiary/aromatic N) is 2. The van der Waals surface area contributed by atoms with E-state index in [0.29, 0.717) is 0 Å². The van der Waals surface area contributed by atoms with Crippen molar-refractivity contribution < 1.29 is 24.6 Å². The fourth-order valence-electron chi connectivity index (χ4n) is 1.35. The molecule has 0 aliphatic rings. The highest BCUT2D eigenvalue weighted by atomic mass is 35.5. The van der Waals surface area contributed by atoms with Gasteiger partial charge in [-0.05, 0) is 12.1 Å². The average Bonchev–Trinajstić information content (AvgIpc) is 2.49. The van der Waals surface area contributed by atoms with E-state index < -0.39 is 11.9 Å². The normalized spacial score (nSPS) is 9.67. The van der Waals surface area contributed by atoms with Crippen LogP contribution in [0.15, 0.2) is 24.5 Å². The van der Waals surface area contributed by atoms with Gasteiger partial charge in [0.1, 0.15) is 10.8 Å². The molecule has 7 nitrogen and oxygen atoms in total. The third-order valence-corrected chi connectivity index (χ3v) is 3.44. The van der Waals surface area contributed by atoms with Crippen LogP contribution in [-0.4, -0.2) is 37.9 Å². The Morgan fingerprint density at radius 3 is 1.71 bits per heavy atom. The van der Waals surface area contributed by atoms with E-state index in [1.54, 1.807) is 0 Å². The predicted octanol–water partition coefficient (Wildman–Crippen LogP) is 3.72. The summed E-state index contributed by atoms with van der Waals surface area (Å²) in [4.78, 5) is 38.8. The number of ketones is 1. The second-order valence-electron chi connectivity index (χ2n) is 4.22. The van der Waals surface area contributed by atoms with E-state index in [0.717, 1.165) is 12.4 Å². The Balaban J connectivity index is 0.000000243. The molecule has 0 saturated carbocycles. The highest BCUT2D eigenvalue weighted by molar-refractivity contribution is 6.41. The number of halogens is 3. The number of hydrogen-bond donors (Lipinski definition) is 2. The minimum absolute atomic E-state index is 0.0272. The maximum absolute atomic E-state index is 10.9. The average molecular weight is 392 g/mol. The Kier molecular flexibility index (Phi) is 7.09. The molecule has 126 valence electrons. The molecule has 2 aromatic rings. The molecule has 10 heteroatoms. The minimum atomic E-state index is -1.12. The first-order valence-corrected chi connectivity index (χ1v) is 7.21. The van der Waals surface area contributed by atoms with E-state index in [2.05, 4.69) is 9.97 Å². The van der Waals surface area contributed by atoms with E-state index in [4.69, 9.17) is 45.0 Å². The number of carbonyl (C=O) groups excluding carboxylic acids is 1. The number of carbonyl (C=O) groups is 3. The summed E-state index contributed by atoms with van der Waals surface area (Å²) in [6.07, 6.45) is 2.25. The smallest absolute Gasteiger partial charge is 0.337 e. The summed E-state index contributed by atoms with van der Waals surface area (Å²) >= 11 is 16.6. The molecule has 0 saturated heterocycles. The number of hydrogen-bond acceptors (Lipinski definition) is 5. The van der Waals surface area contributed by atoms with E-state index >= 15 is 0 Å². The van der Waals surface area contributed by atoms with Crippen molar-refractivity contribution in [3.63, 3.8) is 0 Å². The molecule has 0 atom stereocenters. The Morgan fingerprint density at radius 1 is 0.875 bits per heavy atom. The van der Waals surface area contributed by atoms with Gasteiger partial charge in [-0.15, -0.1) is 0 Å². The molecular formula is C14H9Cl3N2O5. The molecule has 0 fully saturated rings. The molecule has 0 amide bonds. The Hall–Kier alpha value is -2.22. The van der Waals surface area contributed by atoms with Gasteiger partial charge >= 0.3 is 11.9 Å². The molecule has 0 aromatic carbocycles. The summed E-state index contributed by atoms with van der Waals surface area (Å²) in [6.45, 7) is 1.31. The third kappa shape index (κ3) is 5.45. The first-order chi connectivity index (χ1) is 11.1. The van der Waals surface area contributed by atoms with E-state index in [-0.39, 0.29) is 37.8 Å². The minimum Gasteiger partial charge on any atom is -0.478 e. The number of pyridine rings is 2. The van der Waals surface area contributed by atoms with Crippen LogP contribution in [0.1, 0.15) is 38.1 Å². The third-order valence-electron chi connectivity index (χ3n) is 2.46. The lowest BCUT2D eigenvalue weighted by Gasteiger charge is -1.99. The van der Waals surface area contributed by atoms with E-state index in [9.17, 15) is 14.4 Å². The standard InChI is InChI=1S/C8H6ClNO3.C6H3Cl2NO2/c1-4(11)7-6(9)2-5(3-10-7)8(12)13;7-4-1-3(6(10)11)2-9-5(4)8/h2-3H,1H3,(H,12,13);1-2H,(H,10,11). The summed E-state index contributed by atoms with van der Waals surface area (Å²) in [5.41, 5.74) is 0.0843. The highest BCUT2D eigenvalue weighted by Gasteiger charge is 2.11. The molecule has 0 aliphatic carbocycles. The molecule has 0 aliphatic heterocycles. The van der Waals surface area contributed by atoms with Gasteiger partial charge in [0.25, 0.3) is 0 Å². The lowest BCUT2D eigenvalue weighted by Crippen LogP contribution is -2.02. The Labute approximate surface area is 150 Å². The van der Waals surface area contributed by atoms with Crippen LogP contribution in [0.3, 0.4) is 0 Å². The summed E-state index contributed by atoms with van der Waals surface area (Å²) in [5.74, 6) is -2.48. The number of aromatic nitrogens is 2. The van der Waals surface area contributed by atoms with Crippen LogP contribution in [0.2, 0.25) is 15.2 Å². The van der Waals surface area contributed by atoms with Crippen molar-refractivity contribution in [1.82, 2.24) is 9.97 Å². The number of carboxylic acids is 2. The van der Waals surface area contributed by atoms with Crippen LogP contribution >= 0.6 is 34.8 Å². The zero-order valence-electron chi connectivity index (χ0n) is 12.0. The van der Waals surface area contributed by atoms with E-state index in [1.807, 2.05) is 0 Å². The molecule has 0 spiro atoms. The van der Waals surface area contributed by atoms with Gasteiger partial charge < -0.3 is 10.2 Å². The lowest BCUT2D eigenvalue weighted by atomic mass is 10.2. The van der Waals surface area contributed by atoms with Crippen molar-refractivity contribution in [1.29, 1.82) is 0 Å². The van der Waals surface area contributed by atoms with Crippen molar-refractivity contribution in [2.24, 2.45) is 0 Å². The van der Waals surface area contributed by atoms with Crippen LogP contribution < -0.4 is 0 Å². The van der Waals surface area contributed by atoms with Crippen LogP contribution in [-0.2, 0) is 0 Å². The van der Waals surface area contributed by atoms with Gasteiger partial charge in [-0.1, -0.05) is 34.8 Å². The Bertz CT molecular complexity index is 811. The molecule has 2 rings (SSSR count). The molecule has 2 aromatic heterocycles. The first-order valence-electron chi connectivity index (χ1n) is 6.07. The van der Waals surface area contributed by atoms with Crippen LogP contribution in [0, 0.1) is 0 Å². The Morgan fingerprint density at radius 2 is 1.33 bits per heavy atom. The van der Waals surface area contributed by atoms with Gasteiger partial charge in [-0.25, -0.2) is 14.6 Å². The lowest BCUT2D eigenvalue weighted by molar-refractivity contribution is 0.0685. The summed E-state index contributed by atoms with van der Waals surface area (Å²) in [6, 6.07) is 2.45. The topological polar surface area (TPSA) is 117 Å². The molecule has 0 unspecified atom stereocenters. The summed E-state index contributed by atoms with van der Waals surface area (Å²) in [5, 5.41) is 17.3. The number of Topliss-reactive ketones (excluding diaryl/α,β-unsaturated/α-hetero) is 1. The van der Waals surface area contributed by atoms with Crippen molar-refractivity contribution in [3.05, 3.63) is 56.5 Å². The molecule has 24 heavy (non-hydrogen) atoms. The molecule has 0 radical (unpaired) electrons. The van der Waals surface area contributed by atoms with Crippen molar-refractivity contribution in [2.75, 3.05) is 0 Å². The molecule has 2 heterocycles. The largest absolute Gasteiger partial charge is 0.478 e. The molecular weight excluding hydrogens is 383 g/mol. The maximum Gasteiger partial charge on any atom is 0.337 e. The van der Waals surface area contributed by atoms with Crippen molar-refractivity contribution in [2.45, 2.75) is 6.92 Å². The molecule has 0 bridgehead atoms. The van der Waals surface area contributed by atoms with Crippen LogP contribution in [0.4, 0.5) is 0 Å². The van der Waals surface area contributed by atoms with Gasteiger partial charge in [-0.3, -0.25) is 9.78 Å². The van der Waals surface area contributed by atoms with Gasteiger partial charge in [0.15, 0.2) is 5.78 Å². The van der Waals surface area contributed by atoms with Gasteiger partial charge in [0.05, 0.1) is 21.2 Å². The zero-order chi connectivity index (χ0) is 18.4. The number of rotatable bonds is 3. The van der Waals surface area contributed by atoms with Crippen LogP contribution in [0.25, 0.3) is 0 Å². The summed E-state index contributed by atoms with van der Waals surface area (Å²) in [7, 11) is 0. The van der Waals surface area contributed by atoms with Crippen molar-refractivity contribution in [3.8, 4) is 0 Å². The van der Waals surface area contributed by atoms with Crippen molar-refractivity contribution >= 4 is 52.5 Å². The fourth-order valence-corrected chi connectivity index (χ4v) is 1.92. The highest BCUT2D eigenvalue weighted by Crippen LogP contribution is 2.19. The van der Waals surface area contributed by atoms with Gasteiger partial charge in [-0.2, -0.15) is 0 Å². The second kappa shape index (κ2) is 8.58. The molecule has 2 N–H and O–H groups in total. The quantitative estimate of drug-likeness (QED) is 0.604. The van der Waals surface area contributed by atoms with Gasteiger partial charge in [0.2, 0.25) is 0 Å². The summed E-state index contributed by atoms with van der Waals surface area (Å²) < 4.78 is 0. The van der Waals surface area contributed by atoms with Gasteiger partial charge in [0, 0.05) is 19.3 Å². The van der Waals surface area contributed by atoms with E-state index in [1.165, 1.54) is 19.1 Å². The second-order valence-corrected chi connectivity index (χ2v) is 5.39. The number of carboxylic acid groups (broad SMARTS) is 2. The fraction of sp³-hybridized carbons (Fsp3) is 0.0714.